The highest BCUT2D eigenvalue weighted by atomic mass is 31.2. The van der Waals surface area contributed by atoms with Crippen molar-refractivity contribution in [3.8, 4) is 0 Å². The van der Waals surface area contributed by atoms with Gasteiger partial charge in [-0.05, 0) is 49.4 Å². The van der Waals surface area contributed by atoms with Gasteiger partial charge in [0.1, 0.15) is 19.3 Å². The van der Waals surface area contributed by atoms with Gasteiger partial charge >= 0.3 is 39.5 Å². The fourth-order valence-electron chi connectivity index (χ4n) is 10.3. The molecule has 0 fully saturated rings. The molecule has 0 saturated heterocycles. The lowest BCUT2D eigenvalue weighted by atomic mass is 10.00. The highest BCUT2D eigenvalue weighted by Crippen LogP contribution is 2.45. The summed E-state index contributed by atoms with van der Waals surface area (Å²) in [5, 5.41) is 10.6. The third-order valence-electron chi connectivity index (χ3n) is 16.2. The van der Waals surface area contributed by atoms with E-state index >= 15 is 0 Å². The molecule has 17 nitrogen and oxygen atoms in total. The molecule has 0 heterocycles. The molecule has 6 atom stereocenters. The van der Waals surface area contributed by atoms with E-state index in [1.807, 2.05) is 0 Å². The first-order chi connectivity index (χ1) is 42.1. The molecule has 0 aliphatic rings. The number of aliphatic hydroxyl groups is 1. The van der Waals surface area contributed by atoms with E-state index in [2.05, 4.69) is 55.4 Å². The van der Waals surface area contributed by atoms with Crippen LogP contribution in [0.1, 0.15) is 338 Å². The number of carbonyl (C=O) groups is 4. The summed E-state index contributed by atoms with van der Waals surface area (Å²) < 4.78 is 68.2. The number of aliphatic hydroxyl groups excluding tert-OH is 1. The first kappa shape index (κ1) is 86.1. The maximum atomic E-state index is 13.0. The molecule has 0 aliphatic carbocycles. The minimum Gasteiger partial charge on any atom is -0.462 e. The Hall–Kier alpha value is -1.94. The highest BCUT2D eigenvalue weighted by molar-refractivity contribution is 7.47. The quantitative estimate of drug-likeness (QED) is 0.0222. The molecular formula is C69H134O17P2. The van der Waals surface area contributed by atoms with Crippen molar-refractivity contribution < 1.29 is 80.2 Å². The zero-order valence-corrected chi connectivity index (χ0v) is 59.1. The van der Waals surface area contributed by atoms with Crippen LogP contribution >= 0.6 is 15.6 Å². The molecule has 0 aliphatic heterocycles. The maximum Gasteiger partial charge on any atom is 0.472 e. The van der Waals surface area contributed by atoms with E-state index in [0.29, 0.717) is 31.6 Å². The number of hydrogen-bond donors (Lipinski definition) is 3. The van der Waals surface area contributed by atoms with Gasteiger partial charge in [0.05, 0.1) is 26.4 Å². The van der Waals surface area contributed by atoms with Crippen molar-refractivity contribution in [3.05, 3.63) is 0 Å². The molecule has 0 saturated carbocycles. The third kappa shape index (κ3) is 61.6. The number of unbranched alkanes of at least 4 members (excludes halogenated alkanes) is 31. The largest absolute Gasteiger partial charge is 0.472 e. The Balaban J connectivity index is 5.23. The number of esters is 4. The van der Waals surface area contributed by atoms with Crippen molar-refractivity contribution in [2.45, 2.75) is 356 Å². The van der Waals surface area contributed by atoms with Gasteiger partial charge in [-0.15, -0.1) is 0 Å². The normalized spacial score (nSPS) is 14.6. The maximum absolute atomic E-state index is 13.0. The van der Waals surface area contributed by atoms with Crippen LogP contribution in [-0.2, 0) is 65.4 Å². The number of hydrogen-bond acceptors (Lipinski definition) is 15. The monoisotopic (exact) mass is 1300 g/mol. The predicted molar refractivity (Wildman–Crippen MR) is 354 cm³/mol. The lowest BCUT2D eigenvalue weighted by molar-refractivity contribution is -0.161. The number of phosphoric acid groups is 2. The minimum atomic E-state index is -4.95. The summed E-state index contributed by atoms with van der Waals surface area (Å²) in [5.41, 5.74) is 0. The SMILES string of the molecule is CCC(C)CCCCCCCCC(=O)OC[C@H](COP(=O)(O)OC[C@H](O)COP(=O)(O)OC[C@@H](COC(=O)CCCCCCCCCCCC(C)C)OC(=O)CCCCCCCCCCCCCCCCC(C)C)OC(=O)CCCCCCCCC(C)C. The van der Waals surface area contributed by atoms with Crippen molar-refractivity contribution in [2.75, 3.05) is 39.6 Å². The van der Waals surface area contributed by atoms with Crippen LogP contribution in [0.4, 0.5) is 0 Å². The summed E-state index contributed by atoms with van der Waals surface area (Å²) in [6.45, 7) is 14.0. The number of ether oxygens (including phenoxy) is 4. The average molecular weight is 1300 g/mol. The minimum absolute atomic E-state index is 0.101. The van der Waals surface area contributed by atoms with Crippen LogP contribution in [-0.4, -0.2) is 96.7 Å². The van der Waals surface area contributed by atoms with Crippen LogP contribution in [0.15, 0.2) is 0 Å². The van der Waals surface area contributed by atoms with Gasteiger partial charge in [0.2, 0.25) is 0 Å². The van der Waals surface area contributed by atoms with Crippen molar-refractivity contribution in [3.63, 3.8) is 0 Å². The Morgan fingerprint density at radius 2 is 0.545 bits per heavy atom. The van der Waals surface area contributed by atoms with Gasteiger partial charge in [-0.2, -0.15) is 0 Å². The van der Waals surface area contributed by atoms with Crippen LogP contribution in [0.3, 0.4) is 0 Å². The van der Waals surface area contributed by atoms with E-state index in [-0.39, 0.29) is 25.7 Å². The standard InChI is InChI=1S/C69H134O17P2/c1-9-62(8)48-40-32-26-28-34-42-50-67(72)80-56-65(86-69(74)52-44-36-27-25-31-39-47-61(6)7)58-84-88(77,78)82-54-63(70)53-81-87(75,76)83-57-64(55-79-66(71)49-41-33-23-20-16-18-22-30-38-46-60(4)5)85-68(73)51-43-35-24-19-15-13-11-10-12-14-17-21-29-37-45-59(2)3/h59-65,70H,9-58H2,1-8H3,(H,75,76)(H,77,78)/t62?,63-,64-,65-/m1/s1. The fourth-order valence-corrected chi connectivity index (χ4v) is 11.9. The second-order valence-corrected chi connectivity index (χ2v) is 29.5. The lowest BCUT2D eigenvalue weighted by Crippen LogP contribution is -2.30. The molecule has 0 rings (SSSR count). The first-order valence-electron chi connectivity index (χ1n) is 35.7. The second-order valence-electron chi connectivity index (χ2n) is 26.6. The van der Waals surface area contributed by atoms with E-state index in [4.69, 9.17) is 37.0 Å². The van der Waals surface area contributed by atoms with Gasteiger partial charge in [0, 0.05) is 25.7 Å². The number of carbonyl (C=O) groups excluding carboxylic acids is 4. The summed E-state index contributed by atoms with van der Waals surface area (Å²) in [6.07, 6.45) is 40.5. The summed E-state index contributed by atoms with van der Waals surface area (Å²) in [7, 11) is -9.90. The van der Waals surface area contributed by atoms with Crippen molar-refractivity contribution in [2.24, 2.45) is 23.7 Å². The zero-order valence-electron chi connectivity index (χ0n) is 57.3. The molecule has 88 heavy (non-hydrogen) atoms. The highest BCUT2D eigenvalue weighted by Gasteiger charge is 2.30. The van der Waals surface area contributed by atoms with Gasteiger partial charge in [-0.1, -0.05) is 287 Å². The van der Waals surface area contributed by atoms with E-state index in [1.54, 1.807) is 0 Å². The summed E-state index contributed by atoms with van der Waals surface area (Å²) in [4.78, 5) is 72.4. The molecule has 3 N–H and O–H groups in total. The van der Waals surface area contributed by atoms with E-state index < -0.39 is 97.5 Å². The summed E-state index contributed by atoms with van der Waals surface area (Å²) in [6, 6.07) is 0. The van der Waals surface area contributed by atoms with E-state index in [1.165, 1.54) is 135 Å². The lowest BCUT2D eigenvalue weighted by Gasteiger charge is -2.21. The average Bonchev–Trinajstić information content (AvgIpc) is 3.56. The molecular weight excluding hydrogens is 1160 g/mol. The number of rotatable bonds is 66. The Bertz CT molecular complexity index is 1750. The molecule has 0 aromatic rings. The van der Waals surface area contributed by atoms with Crippen molar-refractivity contribution >= 4 is 39.5 Å². The van der Waals surface area contributed by atoms with Crippen molar-refractivity contribution in [1.29, 1.82) is 0 Å². The molecule has 0 radical (unpaired) electrons. The Kier molecular flexibility index (Phi) is 57.6. The molecule has 0 aromatic carbocycles. The van der Waals surface area contributed by atoms with Gasteiger partial charge in [-0.25, -0.2) is 9.13 Å². The fraction of sp³-hybridized carbons (Fsp3) is 0.942. The Morgan fingerprint density at radius 1 is 0.318 bits per heavy atom. The first-order valence-corrected chi connectivity index (χ1v) is 38.7. The molecule has 0 aromatic heterocycles. The summed E-state index contributed by atoms with van der Waals surface area (Å²) >= 11 is 0. The van der Waals surface area contributed by atoms with Crippen LogP contribution < -0.4 is 0 Å². The Morgan fingerprint density at radius 3 is 0.807 bits per heavy atom. The molecule has 0 spiro atoms. The van der Waals surface area contributed by atoms with Gasteiger partial charge in [0.25, 0.3) is 0 Å². The zero-order chi connectivity index (χ0) is 65.4. The molecule has 0 bridgehead atoms. The number of phosphoric ester groups is 2. The van der Waals surface area contributed by atoms with Crippen LogP contribution in [0.2, 0.25) is 0 Å². The molecule has 3 unspecified atom stereocenters. The smallest absolute Gasteiger partial charge is 0.462 e. The van der Waals surface area contributed by atoms with Crippen LogP contribution in [0.5, 0.6) is 0 Å². The van der Waals surface area contributed by atoms with Crippen molar-refractivity contribution in [1.82, 2.24) is 0 Å². The van der Waals surface area contributed by atoms with Gasteiger partial charge < -0.3 is 33.8 Å². The van der Waals surface area contributed by atoms with Crippen LogP contribution in [0.25, 0.3) is 0 Å². The van der Waals surface area contributed by atoms with Gasteiger partial charge in [0.15, 0.2) is 12.2 Å². The van der Waals surface area contributed by atoms with Gasteiger partial charge in [-0.3, -0.25) is 37.3 Å². The molecule has 19 heteroatoms. The second kappa shape index (κ2) is 58.8. The summed E-state index contributed by atoms with van der Waals surface area (Å²) in [5.74, 6) is 0.803. The van der Waals surface area contributed by atoms with E-state index in [0.717, 1.165) is 114 Å². The topological polar surface area (TPSA) is 237 Å². The Labute approximate surface area is 537 Å². The predicted octanol–water partition coefficient (Wildman–Crippen LogP) is 19.3. The van der Waals surface area contributed by atoms with Crippen LogP contribution in [0, 0.1) is 23.7 Å². The molecule has 522 valence electrons. The van der Waals surface area contributed by atoms with E-state index in [9.17, 15) is 43.2 Å². The third-order valence-corrected chi connectivity index (χ3v) is 18.1. The molecule has 0 amide bonds.